The zero-order valence-corrected chi connectivity index (χ0v) is 10.7. The number of aromatic amines is 1. The fourth-order valence-corrected chi connectivity index (χ4v) is 2.69. The summed E-state index contributed by atoms with van der Waals surface area (Å²) in [6.07, 6.45) is 4.70. The lowest BCUT2D eigenvalue weighted by atomic mass is 10.2. The van der Waals surface area contributed by atoms with Crippen LogP contribution in [0.3, 0.4) is 0 Å². The Balaban J connectivity index is 1.63. The minimum absolute atomic E-state index is 0.991. The molecule has 3 aromatic rings. The van der Waals surface area contributed by atoms with Gasteiger partial charge < -0.3 is 4.98 Å². The molecular formula is C14H13N3S. The van der Waals surface area contributed by atoms with Crippen LogP contribution >= 0.6 is 11.8 Å². The van der Waals surface area contributed by atoms with Gasteiger partial charge in [-0.05, 0) is 36.2 Å². The minimum atomic E-state index is 0.991. The molecule has 2 aromatic heterocycles. The normalized spacial score (nSPS) is 10.9. The van der Waals surface area contributed by atoms with Gasteiger partial charge in [-0.2, -0.15) is 0 Å². The van der Waals surface area contributed by atoms with E-state index in [2.05, 4.69) is 33.2 Å². The average Bonchev–Trinajstić information content (AvgIpc) is 2.82. The summed E-state index contributed by atoms with van der Waals surface area (Å²) >= 11 is 1.75. The Morgan fingerprint density at radius 2 is 1.89 bits per heavy atom. The molecule has 90 valence electrons. The number of para-hydroxylation sites is 2. The zero-order valence-electron chi connectivity index (χ0n) is 9.84. The Morgan fingerprint density at radius 1 is 1.06 bits per heavy atom. The van der Waals surface area contributed by atoms with E-state index < -0.39 is 0 Å². The number of H-pyrrole nitrogens is 1. The van der Waals surface area contributed by atoms with Crippen LogP contribution in [0.5, 0.6) is 0 Å². The van der Waals surface area contributed by atoms with Gasteiger partial charge in [0.2, 0.25) is 0 Å². The molecule has 3 rings (SSSR count). The van der Waals surface area contributed by atoms with Crippen LogP contribution in [-0.2, 0) is 6.42 Å². The van der Waals surface area contributed by atoms with E-state index in [4.69, 9.17) is 0 Å². The van der Waals surface area contributed by atoms with Crippen molar-refractivity contribution in [1.29, 1.82) is 0 Å². The molecule has 0 atom stereocenters. The number of hydrogen-bond donors (Lipinski definition) is 1. The average molecular weight is 255 g/mol. The highest BCUT2D eigenvalue weighted by Crippen LogP contribution is 2.19. The van der Waals surface area contributed by atoms with Crippen molar-refractivity contribution in [1.82, 2.24) is 15.0 Å². The van der Waals surface area contributed by atoms with Crippen LogP contribution in [0.25, 0.3) is 11.0 Å². The molecule has 4 heteroatoms. The first-order valence-electron chi connectivity index (χ1n) is 5.88. The Kier molecular flexibility index (Phi) is 3.28. The number of aromatic nitrogens is 3. The monoisotopic (exact) mass is 255 g/mol. The predicted molar refractivity (Wildman–Crippen MR) is 74.8 cm³/mol. The van der Waals surface area contributed by atoms with Crippen LogP contribution in [-0.4, -0.2) is 20.7 Å². The van der Waals surface area contributed by atoms with E-state index in [0.29, 0.717) is 0 Å². The number of nitrogens with one attached hydrogen (secondary N) is 1. The highest BCUT2D eigenvalue weighted by molar-refractivity contribution is 7.99. The van der Waals surface area contributed by atoms with Gasteiger partial charge in [0.25, 0.3) is 0 Å². The van der Waals surface area contributed by atoms with Crippen molar-refractivity contribution in [2.24, 2.45) is 0 Å². The highest BCUT2D eigenvalue weighted by atomic mass is 32.2. The number of rotatable bonds is 4. The molecular weight excluding hydrogens is 242 g/mol. The molecule has 0 spiro atoms. The second-order valence-corrected chi connectivity index (χ2v) is 5.10. The fourth-order valence-electron chi connectivity index (χ4n) is 1.81. The number of benzene rings is 1. The molecule has 0 unspecified atom stereocenters. The standard InChI is InChI=1S/C14H13N3S/c1-2-4-13-12(3-1)16-14(17-13)18-10-7-11-5-8-15-9-6-11/h1-6,8-9H,7,10H2,(H,16,17). The molecule has 3 nitrogen and oxygen atoms in total. The van der Waals surface area contributed by atoms with E-state index in [1.807, 2.05) is 30.6 Å². The lowest BCUT2D eigenvalue weighted by Gasteiger charge is -1.98. The lowest BCUT2D eigenvalue weighted by Crippen LogP contribution is -1.89. The van der Waals surface area contributed by atoms with Crippen molar-refractivity contribution in [2.45, 2.75) is 11.6 Å². The topological polar surface area (TPSA) is 41.6 Å². The Morgan fingerprint density at radius 3 is 2.72 bits per heavy atom. The predicted octanol–water partition coefficient (Wildman–Crippen LogP) is 3.29. The second-order valence-electron chi connectivity index (χ2n) is 4.01. The van der Waals surface area contributed by atoms with E-state index in [1.165, 1.54) is 5.56 Å². The third-order valence-corrected chi connectivity index (χ3v) is 3.62. The summed E-state index contributed by atoms with van der Waals surface area (Å²) in [5.41, 5.74) is 3.45. The number of nitrogens with zero attached hydrogens (tertiary/aromatic N) is 2. The van der Waals surface area contributed by atoms with Crippen LogP contribution in [0.2, 0.25) is 0 Å². The van der Waals surface area contributed by atoms with Gasteiger partial charge in [0.1, 0.15) is 0 Å². The van der Waals surface area contributed by atoms with E-state index in [-0.39, 0.29) is 0 Å². The quantitative estimate of drug-likeness (QED) is 0.727. The molecule has 0 saturated heterocycles. The smallest absolute Gasteiger partial charge is 0.166 e. The number of pyridine rings is 1. The van der Waals surface area contributed by atoms with Gasteiger partial charge in [0.05, 0.1) is 11.0 Å². The van der Waals surface area contributed by atoms with Crippen molar-refractivity contribution >= 4 is 22.8 Å². The molecule has 0 bridgehead atoms. The Labute approximate surface area is 110 Å². The van der Waals surface area contributed by atoms with E-state index in [9.17, 15) is 0 Å². The molecule has 0 radical (unpaired) electrons. The number of fused-ring (bicyclic) bond motifs is 1. The van der Waals surface area contributed by atoms with Gasteiger partial charge in [-0.15, -0.1) is 0 Å². The largest absolute Gasteiger partial charge is 0.333 e. The minimum Gasteiger partial charge on any atom is -0.333 e. The van der Waals surface area contributed by atoms with Gasteiger partial charge in [-0.25, -0.2) is 4.98 Å². The molecule has 1 N–H and O–H groups in total. The SMILES string of the molecule is c1ccc2[nH]c(SCCc3ccncc3)nc2c1. The molecule has 18 heavy (non-hydrogen) atoms. The van der Waals surface area contributed by atoms with Crippen LogP contribution in [0, 0.1) is 0 Å². The maximum Gasteiger partial charge on any atom is 0.166 e. The third kappa shape index (κ3) is 2.54. The van der Waals surface area contributed by atoms with E-state index in [1.54, 1.807) is 11.8 Å². The summed E-state index contributed by atoms with van der Waals surface area (Å²) in [5.74, 6) is 1.02. The number of thioether (sulfide) groups is 1. The van der Waals surface area contributed by atoms with Crippen molar-refractivity contribution in [3.8, 4) is 0 Å². The number of aryl methyl sites for hydroxylation is 1. The molecule has 2 heterocycles. The van der Waals surface area contributed by atoms with Crippen LogP contribution in [0.15, 0.2) is 53.9 Å². The van der Waals surface area contributed by atoms with E-state index in [0.717, 1.165) is 28.4 Å². The fraction of sp³-hybridized carbons (Fsp3) is 0.143. The third-order valence-electron chi connectivity index (χ3n) is 2.75. The highest BCUT2D eigenvalue weighted by Gasteiger charge is 2.02. The van der Waals surface area contributed by atoms with Crippen molar-refractivity contribution < 1.29 is 0 Å². The molecule has 0 aliphatic carbocycles. The molecule has 0 fully saturated rings. The van der Waals surface area contributed by atoms with Crippen LogP contribution in [0.1, 0.15) is 5.56 Å². The van der Waals surface area contributed by atoms with Gasteiger partial charge in [-0.3, -0.25) is 4.98 Å². The van der Waals surface area contributed by atoms with Gasteiger partial charge in [-0.1, -0.05) is 23.9 Å². The second kappa shape index (κ2) is 5.23. The molecule has 0 saturated carbocycles. The van der Waals surface area contributed by atoms with Crippen molar-refractivity contribution in [2.75, 3.05) is 5.75 Å². The van der Waals surface area contributed by atoms with Crippen molar-refractivity contribution in [3.05, 3.63) is 54.4 Å². The first-order chi connectivity index (χ1) is 8.92. The maximum absolute atomic E-state index is 4.54. The summed E-state index contributed by atoms with van der Waals surface area (Å²) in [6, 6.07) is 12.2. The molecule has 0 aliphatic rings. The van der Waals surface area contributed by atoms with Crippen LogP contribution in [0.4, 0.5) is 0 Å². The lowest BCUT2D eigenvalue weighted by molar-refractivity contribution is 1.06. The Hall–Kier alpha value is -1.81. The molecule has 1 aromatic carbocycles. The first kappa shape index (κ1) is 11.3. The molecule has 0 aliphatic heterocycles. The summed E-state index contributed by atoms with van der Waals surface area (Å²) < 4.78 is 0. The summed E-state index contributed by atoms with van der Waals surface area (Å²) in [6.45, 7) is 0. The summed E-state index contributed by atoms with van der Waals surface area (Å²) in [4.78, 5) is 11.9. The molecule has 0 amide bonds. The number of imidazole rings is 1. The maximum atomic E-state index is 4.54. The summed E-state index contributed by atoms with van der Waals surface area (Å²) in [7, 11) is 0. The van der Waals surface area contributed by atoms with Gasteiger partial charge in [0.15, 0.2) is 5.16 Å². The zero-order chi connectivity index (χ0) is 12.2. The number of hydrogen-bond acceptors (Lipinski definition) is 3. The summed E-state index contributed by atoms with van der Waals surface area (Å²) in [5, 5.41) is 0.991. The Bertz CT molecular complexity index is 601. The van der Waals surface area contributed by atoms with Crippen molar-refractivity contribution in [3.63, 3.8) is 0 Å². The van der Waals surface area contributed by atoms with Crippen LogP contribution < -0.4 is 0 Å². The van der Waals surface area contributed by atoms with Gasteiger partial charge >= 0.3 is 0 Å². The first-order valence-corrected chi connectivity index (χ1v) is 6.87. The van der Waals surface area contributed by atoms with Gasteiger partial charge in [0, 0.05) is 18.1 Å². The van der Waals surface area contributed by atoms with E-state index >= 15 is 0 Å².